The van der Waals surface area contributed by atoms with E-state index < -0.39 is 0 Å². The first-order valence-corrected chi connectivity index (χ1v) is 8.85. The average molecular weight is 303 g/mol. The molecule has 1 aromatic rings. The van der Waals surface area contributed by atoms with Crippen LogP contribution in [-0.4, -0.2) is 24.5 Å². The lowest BCUT2D eigenvalue weighted by molar-refractivity contribution is 0.109. The molecule has 2 atom stereocenters. The lowest BCUT2D eigenvalue weighted by Crippen LogP contribution is -2.47. The molecule has 1 aliphatic rings. The zero-order valence-electron chi connectivity index (χ0n) is 14.6. The Morgan fingerprint density at radius 1 is 1.18 bits per heavy atom. The number of anilines is 2. The Morgan fingerprint density at radius 3 is 2.59 bits per heavy atom. The number of hydrogen-bond donors (Lipinski definition) is 2. The third kappa shape index (κ3) is 3.75. The van der Waals surface area contributed by atoms with Crippen molar-refractivity contribution < 1.29 is 0 Å². The number of benzene rings is 1. The van der Waals surface area contributed by atoms with E-state index in [1.807, 2.05) is 6.07 Å². The second-order valence-electron chi connectivity index (χ2n) is 7.27. The van der Waals surface area contributed by atoms with Gasteiger partial charge in [0, 0.05) is 6.54 Å². The smallest absolute Gasteiger partial charge is 0.0550 e. The molecule has 0 saturated carbocycles. The SMILES string of the molecule is CCCCCCN1CCC(C)(c2ccc(N)c(N)c2)C(C)C1. The topological polar surface area (TPSA) is 55.3 Å². The van der Waals surface area contributed by atoms with Crippen molar-refractivity contribution in [2.24, 2.45) is 5.92 Å². The summed E-state index contributed by atoms with van der Waals surface area (Å²) in [6.45, 7) is 10.7. The molecule has 2 rings (SSSR count). The van der Waals surface area contributed by atoms with Gasteiger partial charge in [0.1, 0.15) is 0 Å². The summed E-state index contributed by atoms with van der Waals surface area (Å²) in [5, 5.41) is 0. The molecule has 1 saturated heterocycles. The van der Waals surface area contributed by atoms with E-state index in [1.165, 1.54) is 57.3 Å². The monoisotopic (exact) mass is 303 g/mol. The standard InChI is InChI=1S/C19H33N3/c1-4-5-6-7-11-22-12-10-19(3,15(2)14-22)16-8-9-17(20)18(21)13-16/h8-9,13,15H,4-7,10-12,14,20-21H2,1-3H3. The summed E-state index contributed by atoms with van der Waals surface area (Å²) in [6, 6.07) is 6.21. The van der Waals surface area contributed by atoms with Crippen LogP contribution in [0.3, 0.4) is 0 Å². The molecule has 0 radical (unpaired) electrons. The predicted octanol–water partition coefficient (Wildman–Crippen LogP) is 4.03. The van der Waals surface area contributed by atoms with E-state index in [0.29, 0.717) is 17.3 Å². The van der Waals surface area contributed by atoms with Crippen LogP contribution in [0.5, 0.6) is 0 Å². The lowest BCUT2D eigenvalue weighted by Gasteiger charge is -2.45. The van der Waals surface area contributed by atoms with Crippen LogP contribution < -0.4 is 11.5 Å². The maximum Gasteiger partial charge on any atom is 0.0550 e. The third-order valence-electron chi connectivity index (χ3n) is 5.64. The molecule has 1 heterocycles. The molecule has 1 aliphatic heterocycles. The Labute approximate surface area is 136 Å². The quantitative estimate of drug-likeness (QED) is 0.616. The molecule has 3 nitrogen and oxygen atoms in total. The zero-order chi connectivity index (χ0) is 16.2. The van der Waals surface area contributed by atoms with Crippen molar-refractivity contribution in [3.05, 3.63) is 23.8 Å². The van der Waals surface area contributed by atoms with Crippen molar-refractivity contribution in [1.82, 2.24) is 4.90 Å². The Bertz CT molecular complexity index is 486. The Kier molecular flexibility index (Phi) is 5.74. The predicted molar refractivity (Wildman–Crippen MR) is 97.0 cm³/mol. The van der Waals surface area contributed by atoms with Gasteiger partial charge >= 0.3 is 0 Å². The highest BCUT2D eigenvalue weighted by atomic mass is 15.1. The fraction of sp³-hybridized carbons (Fsp3) is 0.684. The van der Waals surface area contributed by atoms with Gasteiger partial charge in [-0.05, 0) is 55.0 Å². The molecule has 0 aromatic heterocycles. The minimum atomic E-state index is 0.210. The van der Waals surface area contributed by atoms with Crippen molar-refractivity contribution >= 4 is 11.4 Å². The number of likely N-dealkylation sites (tertiary alicyclic amines) is 1. The number of nitrogen functional groups attached to an aromatic ring is 2. The van der Waals surface area contributed by atoms with Gasteiger partial charge in [-0.2, -0.15) is 0 Å². The van der Waals surface area contributed by atoms with E-state index in [2.05, 4.69) is 37.8 Å². The number of nitrogens with zero attached hydrogens (tertiary/aromatic N) is 1. The largest absolute Gasteiger partial charge is 0.397 e. The molecule has 3 heteroatoms. The summed E-state index contributed by atoms with van der Waals surface area (Å²) in [5.41, 5.74) is 14.8. The highest BCUT2D eigenvalue weighted by Crippen LogP contribution is 2.40. The maximum atomic E-state index is 6.02. The van der Waals surface area contributed by atoms with Crippen molar-refractivity contribution in [3.63, 3.8) is 0 Å². The van der Waals surface area contributed by atoms with E-state index >= 15 is 0 Å². The van der Waals surface area contributed by atoms with Crippen molar-refractivity contribution in [2.75, 3.05) is 31.1 Å². The summed E-state index contributed by atoms with van der Waals surface area (Å²) < 4.78 is 0. The molecule has 0 spiro atoms. The Morgan fingerprint density at radius 2 is 1.95 bits per heavy atom. The van der Waals surface area contributed by atoms with Gasteiger partial charge < -0.3 is 16.4 Å². The minimum absolute atomic E-state index is 0.210. The van der Waals surface area contributed by atoms with Crippen LogP contribution in [-0.2, 0) is 5.41 Å². The summed E-state index contributed by atoms with van der Waals surface area (Å²) in [4.78, 5) is 2.64. The molecule has 4 N–H and O–H groups in total. The molecule has 1 aromatic carbocycles. The molecular weight excluding hydrogens is 270 g/mol. The van der Waals surface area contributed by atoms with Crippen molar-refractivity contribution in [1.29, 1.82) is 0 Å². The van der Waals surface area contributed by atoms with E-state index in [0.717, 1.165) is 0 Å². The van der Waals surface area contributed by atoms with Crippen LogP contribution in [0.2, 0.25) is 0 Å². The Hall–Kier alpha value is -1.22. The maximum absolute atomic E-state index is 6.02. The third-order valence-corrected chi connectivity index (χ3v) is 5.64. The van der Waals surface area contributed by atoms with E-state index in [1.54, 1.807) is 0 Å². The van der Waals surface area contributed by atoms with Crippen LogP contribution in [0.25, 0.3) is 0 Å². The van der Waals surface area contributed by atoms with Gasteiger partial charge in [0.2, 0.25) is 0 Å². The highest BCUT2D eigenvalue weighted by molar-refractivity contribution is 5.64. The van der Waals surface area contributed by atoms with E-state index in [9.17, 15) is 0 Å². The van der Waals surface area contributed by atoms with Crippen molar-refractivity contribution in [3.8, 4) is 0 Å². The number of nitrogens with two attached hydrogens (primary N) is 2. The van der Waals surface area contributed by atoms with Crippen LogP contribution in [0.4, 0.5) is 11.4 Å². The summed E-state index contributed by atoms with van der Waals surface area (Å²) in [7, 11) is 0. The minimum Gasteiger partial charge on any atom is -0.397 e. The first-order chi connectivity index (χ1) is 10.5. The van der Waals surface area contributed by atoms with Gasteiger partial charge in [-0.25, -0.2) is 0 Å². The number of rotatable bonds is 6. The fourth-order valence-corrected chi connectivity index (χ4v) is 3.64. The van der Waals surface area contributed by atoms with E-state index in [4.69, 9.17) is 11.5 Å². The van der Waals surface area contributed by atoms with Gasteiger partial charge in [-0.1, -0.05) is 46.1 Å². The first-order valence-electron chi connectivity index (χ1n) is 8.85. The Balaban J connectivity index is 1.98. The van der Waals surface area contributed by atoms with Crippen LogP contribution in [0.15, 0.2) is 18.2 Å². The summed E-state index contributed by atoms with van der Waals surface area (Å²) in [5.74, 6) is 0.635. The van der Waals surface area contributed by atoms with Gasteiger partial charge in [-0.3, -0.25) is 0 Å². The molecule has 0 aliphatic carbocycles. The summed E-state index contributed by atoms with van der Waals surface area (Å²) in [6.07, 6.45) is 6.59. The van der Waals surface area contributed by atoms with E-state index in [-0.39, 0.29) is 5.41 Å². The normalized spacial score (nSPS) is 26.2. The van der Waals surface area contributed by atoms with Crippen LogP contribution in [0.1, 0.15) is 58.4 Å². The highest BCUT2D eigenvalue weighted by Gasteiger charge is 2.37. The first kappa shape index (κ1) is 17.1. The van der Waals surface area contributed by atoms with Gasteiger partial charge in [0.15, 0.2) is 0 Å². The van der Waals surface area contributed by atoms with Crippen LogP contribution in [0, 0.1) is 5.92 Å². The fourth-order valence-electron chi connectivity index (χ4n) is 3.64. The molecule has 0 amide bonds. The lowest BCUT2D eigenvalue weighted by atomic mass is 9.68. The number of unbranched alkanes of at least 4 members (excludes halogenated alkanes) is 3. The van der Waals surface area contributed by atoms with Crippen LogP contribution >= 0.6 is 0 Å². The second-order valence-corrected chi connectivity index (χ2v) is 7.27. The summed E-state index contributed by atoms with van der Waals surface area (Å²) >= 11 is 0. The molecule has 0 bridgehead atoms. The molecule has 22 heavy (non-hydrogen) atoms. The molecule has 124 valence electrons. The van der Waals surface area contributed by atoms with Gasteiger partial charge in [0.05, 0.1) is 11.4 Å². The van der Waals surface area contributed by atoms with Crippen molar-refractivity contribution in [2.45, 2.75) is 58.3 Å². The average Bonchev–Trinajstić information content (AvgIpc) is 2.50. The van der Waals surface area contributed by atoms with Gasteiger partial charge in [0.25, 0.3) is 0 Å². The second kappa shape index (κ2) is 7.36. The molecule has 2 unspecified atom stereocenters. The zero-order valence-corrected chi connectivity index (χ0v) is 14.6. The number of hydrogen-bond acceptors (Lipinski definition) is 3. The molecular formula is C19H33N3. The number of piperidine rings is 1. The van der Waals surface area contributed by atoms with Gasteiger partial charge in [-0.15, -0.1) is 0 Å². The molecule has 1 fully saturated rings.